The molecule has 35 heavy (non-hydrogen) atoms. The zero-order chi connectivity index (χ0) is 25.4. The van der Waals surface area contributed by atoms with Crippen LogP contribution >= 0.6 is 0 Å². The first-order chi connectivity index (χ1) is 16.1. The van der Waals surface area contributed by atoms with E-state index < -0.39 is 68.8 Å². The fraction of sp³-hybridized carbons (Fsp3) is 0.385. The minimum absolute atomic E-state index is 0. The second-order valence-electron chi connectivity index (χ2n) is 7.70. The maximum atomic E-state index is 14.7. The van der Waals surface area contributed by atoms with Crippen LogP contribution in [0.4, 0.5) is 35.1 Å². The van der Waals surface area contributed by atoms with Crippen LogP contribution in [0.15, 0.2) is 12.1 Å². The van der Waals surface area contributed by atoms with Gasteiger partial charge in [-0.2, -0.15) is 0 Å². The van der Waals surface area contributed by atoms with Crippen molar-refractivity contribution in [3.63, 3.8) is 0 Å². The SMILES string of the molecule is CCCCC[C-]=C(C(=[C-]CCCCC)c1c(F)c(F)cc(F)c1F)c1c(F)c(F)cc(F)c1F.[Zr+4]. The topological polar surface area (TPSA) is 0 Å². The van der Waals surface area contributed by atoms with E-state index >= 15 is 0 Å². The first kappa shape index (κ1) is 31.3. The van der Waals surface area contributed by atoms with Gasteiger partial charge < -0.3 is 0 Å². The quantitative estimate of drug-likeness (QED) is 0.0819. The van der Waals surface area contributed by atoms with Gasteiger partial charge in [-0.3, -0.25) is 23.3 Å². The summed E-state index contributed by atoms with van der Waals surface area (Å²) < 4.78 is 115. The molecule has 2 aromatic rings. The number of unbranched alkanes of at least 4 members (excludes halogenated alkanes) is 6. The van der Waals surface area contributed by atoms with Gasteiger partial charge in [0.05, 0.1) is 0 Å². The molecule has 0 atom stereocenters. The van der Waals surface area contributed by atoms with E-state index in [1.54, 1.807) is 0 Å². The predicted octanol–water partition coefficient (Wildman–Crippen LogP) is 9.03. The summed E-state index contributed by atoms with van der Waals surface area (Å²) >= 11 is 0. The van der Waals surface area contributed by atoms with Crippen molar-refractivity contribution >= 4 is 11.1 Å². The Labute approximate surface area is 219 Å². The number of allylic oxidation sites excluding steroid dienone is 4. The molecule has 0 unspecified atom stereocenters. The van der Waals surface area contributed by atoms with Gasteiger partial charge >= 0.3 is 26.2 Å². The Hall–Kier alpha value is -1.76. The molecular weight excluding hydrogens is 555 g/mol. The third-order valence-electron chi connectivity index (χ3n) is 5.14. The normalized spacial score (nSPS) is 12.2. The van der Waals surface area contributed by atoms with E-state index in [1.165, 1.54) is 0 Å². The molecule has 0 aliphatic heterocycles. The van der Waals surface area contributed by atoms with Gasteiger partial charge in [0.2, 0.25) is 0 Å². The van der Waals surface area contributed by atoms with Crippen molar-refractivity contribution in [3.8, 4) is 0 Å². The maximum absolute atomic E-state index is 14.7. The van der Waals surface area contributed by atoms with Crippen LogP contribution in [0, 0.1) is 58.7 Å². The fourth-order valence-electron chi connectivity index (χ4n) is 3.37. The van der Waals surface area contributed by atoms with E-state index in [4.69, 9.17) is 0 Å². The molecule has 0 bridgehead atoms. The summed E-state index contributed by atoms with van der Waals surface area (Å²) in [6, 6.07) is -0.0273. The van der Waals surface area contributed by atoms with Crippen LogP contribution in [-0.2, 0) is 26.2 Å². The molecular formula is C26H24F8Zr+2. The van der Waals surface area contributed by atoms with Crippen LogP contribution in [0.25, 0.3) is 11.1 Å². The zero-order valence-electron chi connectivity index (χ0n) is 19.3. The van der Waals surface area contributed by atoms with Crippen LogP contribution in [0.5, 0.6) is 0 Å². The predicted molar refractivity (Wildman–Crippen MR) is 114 cm³/mol. The van der Waals surface area contributed by atoms with Crippen molar-refractivity contribution in [2.45, 2.75) is 65.2 Å². The monoisotopic (exact) mass is 578 g/mol. The Morgan fingerprint density at radius 2 is 0.829 bits per heavy atom. The molecule has 0 aromatic heterocycles. The molecule has 0 saturated heterocycles. The molecule has 0 fully saturated rings. The van der Waals surface area contributed by atoms with E-state index in [2.05, 4.69) is 12.2 Å². The van der Waals surface area contributed by atoms with Crippen molar-refractivity contribution in [1.29, 1.82) is 0 Å². The molecule has 0 N–H and O–H groups in total. The van der Waals surface area contributed by atoms with Gasteiger partial charge in [-0.1, -0.05) is 65.2 Å². The number of hydrogen-bond donors (Lipinski definition) is 0. The first-order valence-corrected chi connectivity index (χ1v) is 11.0. The summed E-state index contributed by atoms with van der Waals surface area (Å²) in [5.41, 5.74) is -4.08. The van der Waals surface area contributed by atoms with E-state index in [9.17, 15) is 35.1 Å². The summed E-state index contributed by atoms with van der Waals surface area (Å²) in [4.78, 5) is 0. The van der Waals surface area contributed by atoms with E-state index in [1.807, 2.05) is 13.8 Å². The standard InChI is InChI=1S/C26H24F8.Zr/c1-3-5-7-9-11-15(21-23(31)17(27)13-18(28)24(21)32)16(12-10-8-6-4-2)22-25(33)19(29)14-20(30)26(22)34;/h13-14H,3-10H2,1-2H3;/q-2;+4. The Bertz CT molecular complexity index is 938. The Morgan fingerprint density at radius 1 is 0.543 bits per heavy atom. The summed E-state index contributed by atoms with van der Waals surface area (Å²) in [5, 5.41) is 0. The van der Waals surface area contributed by atoms with E-state index in [-0.39, 0.29) is 51.2 Å². The Kier molecular flexibility index (Phi) is 13.2. The third kappa shape index (κ3) is 7.61. The fourth-order valence-corrected chi connectivity index (χ4v) is 3.37. The molecule has 0 radical (unpaired) electrons. The summed E-state index contributed by atoms with van der Waals surface area (Å²) in [7, 11) is 0. The van der Waals surface area contributed by atoms with E-state index in [0.717, 1.165) is 12.8 Å². The van der Waals surface area contributed by atoms with Gasteiger partial charge in [0.1, 0.15) is 46.5 Å². The van der Waals surface area contributed by atoms with Crippen molar-refractivity contribution in [1.82, 2.24) is 0 Å². The van der Waals surface area contributed by atoms with Gasteiger partial charge in [-0.15, -0.1) is 11.1 Å². The van der Waals surface area contributed by atoms with Gasteiger partial charge in [-0.05, 0) is 0 Å². The largest absolute Gasteiger partial charge is 4.00 e. The average molecular weight is 580 g/mol. The molecule has 0 aliphatic carbocycles. The Morgan fingerprint density at radius 3 is 1.09 bits per heavy atom. The smallest absolute Gasteiger partial charge is 0.288 e. The summed E-state index contributed by atoms with van der Waals surface area (Å²) in [5.74, 6) is -14.3. The maximum Gasteiger partial charge on any atom is 4.00 e. The minimum Gasteiger partial charge on any atom is -0.288 e. The average Bonchev–Trinajstić information content (AvgIpc) is 2.80. The molecule has 0 aliphatic rings. The molecule has 2 aromatic carbocycles. The van der Waals surface area contributed by atoms with Crippen LogP contribution in [0.2, 0.25) is 0 Å². The second kappa shape index (κ2) is 14.7. The van der Waals surface area contributed by atoms with Crippen LogP contribution in [0.1, 0.15) is 76.3 Å². The van der Waals surface area contributed by atoms with Crippen molar-refractivity contribution in [2.75, 3.05) is 0 Å². The molecule has 186 valence electrons. The van der Waals surface area contributed by atoms with Gasteiger partial charge in [-0.25, -0.2) is 35.1 Å². The molecule has 0 saturated carbocycles. The number of rotatable bonds is 11. The molecule has 9 heteroatoms. The van der Waals surface area contributed by atoms with Gasteiger partial charge in [0, 0.05) is 12.1 Å². The molecule has 0 heterocycles. The molecule has 0 nitrogen and oxygen atoms in total. The minimum atomic E-state index is -1.83. The first-order valence-electron chi connectivity index (χ1n) is 11.0. The molecule has 2 rings (SSSR count). The Balaban J connectivity index is 0.00000612. The number of halogens is 8. The van der Waals surface area contributed by atoms with Crippen LogP contribution in [-0.4, -0.2) is 0 Å². The van der Waals surface area contributed by atoms with Crippen molar-refractivity contribution in [2.24, 2.45) is 0 Å². The van der Waals surface area contributed by atoms with Crippen molar-refractivity contribution in [3.05, 3.63) is 81.9 Å². The van der Waals surface area contributed by atoms with Crippen LogP contribution in [0.3, 0.4) is 0 Å². The summed E-state index contributed by atoms with van der Waals surface area (Å²) in [6.45, 7) is 3.75. The molecule has 0 spiro atoms. The van der Waals surface area contributed by atoms with Gasteiger partial charge in [0.25, 0.3) is 0 Å². The number of benzene rings is 2. The molecule has 0 amide bonds. The number of hydrogen-bond acceptors (Lipinski definition) is 0. The third-order valence-corrected chi connectivity index (χ3v) is 5.14. The summed E-state index contributed by atoms with van der Waals surface area (Å²) in [6.07, 6.45) is 8.75. The van der Waals surface area contributed by atoms with Crippen molar-refractivity contribution < 1.29 is 61.3 Å². The zero-order valence-corrected chi connectivity index (χ0v) is 21.8. The van der Waals surface area contributed by atoms with Gasteiger partial charge in [0.15, 0.2) is 0 Å². The van der Waals surface area contributed by atoms with Crippen LogP contribution < -0.4 is 0 Å². The second-order valence-corrected chi connectivity index (χ2v) is 7.70. The van der Waals surface area contributed by atoms with E-state index in [0.29, 0.717) is 25.7 Å².